The van der Waals surface area contributed by atoms with Gasteiger partial charge in [0.2, 0.25) is 0 Å². The van der Waals surface area contributed by atoms with Gasteiger partial charge in [0.15, 0.2) is 0 Å². The predicted molar refractivity (Wildman–Crippen MR) is 69.5 cm³/mol. The lowest BCUT2D eigenvalue weighted by Crippen LogP contribution is -1.93. The highest BCUT2D eigenvalue weighted by Gasteiger charge is 2.02. The van der Waals surface area contributed by atoms with Crippen LogP contribution in [0.4, 0.5) is 0 Å². The van der Waals surface area contributed by atoms with E-state index >= 15 is 0 Å². The maximum absolute atomic E-state index is 4.89. The lowest BCUT2D eigenvalue weighted by atomic mass is 9.99. The van der Waals surface area contributed by atoms with Crippen molar-refractivity contribution in [1.82, 2.24) is 0 Å². The van der Waals surface area contributed by atoms with Crippen LogP contribution in [0.3, 0.4) is 0 Å². The maximum atomic E-state index is 4.89. The Kier molecular flexibility index (Phi) is 3.52. The second-order valence-electron chi connectivity index (χ2n) is 3.79. The molecule has 0 heterocycles. The third-order valence-electron chi connectivity index (χ3n) is 2.58. The first-order valence-corrected chi connectivity index (χ1v) is 5.36. The summed E-state index contributed by atoms with van der Waals surface area (Å²) in [5, 5.41) is 3.60. The molecule has 2 N–H and O–H groups in total. The van der Waals surface area contributed by atoms with Crippen LogP contribution in [0.5, 0.6) is 0 Å². The molecule has 0 aliphatic heterocycles. The van der Waals surface area contributed by atoms with Crippen molar-refractivity contribution in [2.24, 2.45) is 11.1 Å². The Morgan fingerprint density at radius 3 is 2.47 bits per heavy atom. The third-order valence-corrected chi connectivity index (χ3v) is 2.58. The van der Waals surface area contributed by atoms with Gasteiger partial charge in [-0.25, -0.2) is 0 Å². The van der Waals surface area contributed by atoms with Crippen molar-refractivity contribution in [1.29, 1.82) is 0 Å². The molecule has 0 saturated carbocycles. The van der Waals surface area contributed by atoms with E-state index < -0.39 is 0 Å². The number of oxime groups is 1. The maximum Gasteiger partial charge on any atom is 0.0766 e. The summed E-state index contributed by atoms with van der Waals surface area (Å²) in [5.41, 5.74) is 4.47. The van der Waals surface area contributed by atoms with Gasteiger partial charge in [0.1, 0.15) is 0 Å². The van der Waals surface area contributed by atoms with E-state index in [1.54, 1.807) is 6.21 Å². The van der Waals surface area contributed by atoms with Gasteiger partial charge < -0.3 is 4.94 Å². The molecule has 0 fully saturated rings. The molecule has 86 valence electrons. The van der Waals surface area contributed by atoms with Gasteiger partial charge in [-0.1, -0.05) is 59.3 Å². The number of benzene rings is 2. The van der Waals surface area contributed by atoms with E-state index in [4.69, 9.17) is 5.90 Å². The zero-order valence-corrected chi connectivity index (χ0v) is 9.63. The summed E-state index contributed by atoms with van der Waals surface area (Å²) < 4.78 is 0. The van der Waals surface area contributed by atoms with Crippen LogP contribution in [0, 0.1) is 6.92 Å². The van der Waals surface area contributed by atoms with Crippen LogP contribution in [0.25, 0.3) is 11.1 Å². The van der Waals surface area contributed by atoms with Gasteiger partial charge in [-0.2, -0.15) is 0 Å². The first kappa shape index (κ1) is 11.4. The zero-order valence-electron chi connectivity index (χ0n) is 9.63. The van der Waals surface area contributed by atoms with Crippen molar-refractivity contribution >= 4 is 6.21 Å². The van der Waals surface area contributed by atoms with Crippen LogP contribution < -0.4 is 5.90 Å². The molecule has 0 aromatic heterocycles. The van der Waals surface area contributed by atoms with Crippen molar-refractivity contribution < 1.29 is 4.94 Å². The minimum absolute atomic E-state index is 0.974. The summed E-state index contributed by atoms with van der Waals surface area (Å²) in [6.45, 7) is 2.07. The van der Waals surface area contributed by atoms with Gasteiger partial charge in [0, 0.05) is 5.56 Å². The minimum Gasteiger partial charge on any atom is -0.303 e. The predicted octanol–water partition coefficient (Wildman–Crippen LogP) is 2.89. The van der Waals surface area contributed by atoms with E-state index in [1.807, 2.05) is 24.3 Å². The SMILES string of the molecule is Cc1ccc(-c2ccccc2C=NON)cc1. The number of nitrogens with two attached hydrogens (primary N) is 1. The Morgan fingerprint density at radius 1 is 1.06 bits per heavy atom. The Balaban J connectivity index is 2.44. The molecule has 2 aromatic carbocycles. The second-order valence-corrected chi connectivity index (χ2v) is 3.79. The molecular weight excluding hydrogens is 212 g/mol. The summed E-state index contributed by atoms with van der Waals surface area (Å²) in [6.07, 6.45) is 1.61. The molecule has 3 heteroatoms. The first-order chi connectivity index (χ1) is 8.31. The molecule has 3 nitrogen and oxygen atoms in total. The molecule has 2 rings (SSSR count). The summed E-state index contributed by atoms with van der Waals surface area (Å²) in [5.74, 6) is 4.89. The van der Waals surface area contributed by atoms with E-state index in [0.717, 1.165) is 16.7 Å². The Bertz CT molecular complexity index is 518. The van der Waals surface area contributed by atoms with Crippen LogP contribution in [-0.4, -0.2) is 6.21 Å². The van der Waals surface area contributed by atoms with Crippen LogP contribution in [0.1, 0.15) is 11.1 Å². The van der Waals surface area contributed by atoms with Gasteiger partial charge in [-0.05, 0) is 18.1 Å². The van der Waals surface area contributed by atoms with Crippen LogP contribution in [0.15, 0.2) is 53.7 Å². The zero-order chi connectivity index (χ0) is 12.1. The first-order valence-electron chi connectivity index (χ1n) is 5.36. The molecular formula is C14H14N2O. The third kappa shape index (κ3) is 2.71. The molecule has 17 heavy (non-hydrogen) atoms. The van der Waals surface area contributed by atoms with Crippen molar-refractivity contribution in [3.63, 3.8) is 0 Å². The quantitative estimate of drug-likeness (QED) is 0.646. The molecule has 0 bridgehead atoms. The lowest BCUT2D eigenvalue weighted by Gasteiger charge is -2.05. The molecule has 0 radical (unpaired) electrons. The Labute approximate surface area is 100 Å². The summed E-state index contributed by atoms with van der Waals surface area (Å²) in [4.78, 5) is 4.23. The largest absolute Gasteiger partial charge is 0.303 e. The molecule has 2 aromatic rings. The molecule has 0 spiro atoms. The molecule has 0 unspecified atom stereocenters. The smallest absolute Gasteiger partial charge is 0.0766 e. The number of hydrogen-bond donors (Lipinski definition) is 1. The summed E-state index contributed by atoms with van der Waals surface area (Å²) in [6, 6.07) is 16.3. The highest BCUT2D eigenvalue weighted by molar-refractivity contribution is 5.90. The summed E-state index contributed by atoms with van der Waals surface area (Å²) >= 11 is 0. The average molecular weight is 226 g/mol. The minimum atomic E-state index is 0.974. The normalized spacial score (nSPS) is 10.7. The van der Waals surface area contributed by atoms with Crippen molar-refractivity contribution in [3.05, 3.63) is 59.7 Å². The fourth-order valence-electron chi connectivity index (χ4n) is 1.69. The average Bonchev–Trinajstić information content (AvgIpc) is 2.38. The van der Waals surface area contributed by atoms with E-state index in [1.165, 1.54) is 5.56 Å². The lowest BCUT2D eigenvalue weighted by molar-refractivity contribution is 0.150. The van der Waals surface area contributed by atoms with Crippen LogP contribution in [0.2, 0.25) is 0 Å². The van der Waals surface area contributed by atoms with E-state index in [0.29, 0.717) is 0 Å². The van der Waals surface area contributed by atoms with Gasteiger partial charge in [-0.15, -0.1) is 5.90 Å². The van der Waals surface area contributed by atoms with Crippen molar-refractivity contribution in [2.75, 3.05) is 0 Å². The standard InChI is InChI=1S/C14H14N2O/c1-11-6-8-12(9-7-11)14-5-3-2-4-13(14)10-16-17-15/h2-10H,15H2,1H3. The number of aryl methyl sites for hydroxylation is 1. The highest BCUT2D eigenvalue weighted by Crippen LogP contribution is 2.22. The van der Waals surface area contributed by atoms with Gasteiger partial charge in [-0.3, -0.25) is 0 Å². The van der Waals surface area contributed by atoms with Gasteiger partial charge in [0.25, 0.3) is 0 Å². The highest BCUT2D eigenvalue weighted by atomic mass is 16.7. The molecule has 0 atom stereocenters. The van der Waals surface area contributed by atoms with Crippen molar-refractivity contribution in [3.8, 4) is 11.1 Å². The Morgan fingerprint density at radius 2 is 1.76 bits per heavy atom. The van der Waals surface area contributed by atoms with Crippen LogP contribution in [-0.2, 0) is 4.94 Å². The van der Waals surface area contributed by atoms with Crippen molar-refractivity contribution in [2.45, 2.75) is 6.92 Å². The van der Waals surface area contributed by atoms with Gasteiger partial charge >= 0.3 is 0 Å². The molecule has 0 aliphatic rings. The van der Waals surface area contributed by atoms with E-state index in [-0.39, 0.29) is 0 Å². The molecule has 0 aliphatic carbocycles. The fourth-order valence-corrected chi connectivity index (χ4v) is 1.69. The number of nitrogens with zero attached hydrogens (tertiary/aromatic N) is 1. The van der Waals surface area contributed by atoms with E-state index in [2.05, 4.69) is 41.3 Å². The van der Waals surface area contributed by atoms with Crippen LogP contribution >= 0.6 is 0 Å². The second kappa shape index (κ2) is 5.27. The van der Waals surface area contributed by atoms with E-state index in [9.17, 15) is 0 Å². The molecule has 0 saturated heterocycles. The van der Waals surface area contributed by atoms with Gasteiger partial charge in [0.05, 0.1) is 6.21 Å². The summed E-state index contributed by atoms with van der Waals surface area (Å²) in [7, 11) is 0. The monoisotopic (exact) mass is 226 g/mol. The number of hydrogen-bond acceptors (Lipinski definition) is 3. The number of rotatable bonds is 3. The topological polar surface area (TPSA) is 47.6 Å². The fraction of sp³-hybridized carbons (Fsp3) is 0.0714. The molecule has 0 amide bonds. The Hall–Kier alpha value is -2.13.